The van der Waals surface area contributed by atoms with E-state index in [0.29, 0.717) is 30.3 Å². The highest BCUT2D eigenvalue weighted by Crippen LogP contribution is 2.20. The zero-order chi connectivity index (χ0) is 17.6. The Morgan fingerprint density at radius 1 is 1.20 bits per heavy atom. The van der Waals surface area contributed by atoms with Gasteiger partial charge in [-0.3, -0.25) is 4.79 Å². The van der Waals surface area contributed by atoms with Crippen molar-refractivity contribution in [3.05, 3.63) is 60.0 Å². The minimum absolute atomic E-state index is 0.253. The van der Waals surface area contributed by atoms with E-state index in [1.807, 2.05) is 30.3 Å². The Balaban J connectivity index is 1.76. The number of carbonyl (C=O) groups is 1. The Bertz CT molecular complexity index is 862. The third kappa shape index (κ3) is 4.00. The van der Waals surface area contributed by atoms with E-state index in [1.54, 1.807) is 30.8 Å². The smallest absolute Gasteiger partial charge is 0.318 e. The van der Waals surface area contributed by atoms with Gasteiger partial charge in [0, 0.05) is 18.7 Å². The maximum absolute atomic E-state index is 11.4. The number of nitrogens with zero attached hydrogens (tertiary/aromatic N) is 4. The first-order valence-corrected chi connectivity index (χ1v) is 7.93. The molecule has 0 amide bonds. The maximum Gasteiger partial charge on any atom is 0.318 e. The van der Waals surface area contributed by atoms with Crippen LogP contribution in [0.4, 0.5) is 0 Å². The highest BCUT2D eigenvalue weighted by Gasteiger charge is 2.13. The predicted molar refractivity (Wildman–Crippen MR) is 90.6 cm³/mol. The van der Waals surface area contributed by atoms with Crippen LogP contribution in [-0.4, -0.2) is 25.7 Å². The minimum Gasteiger partial charge on any atom is -0.459 e. The van der Waals surface area contributed by atoms with Gasteiger partial charge in [0.15, 0.2) is 11.6 Å². The fourth-order valence-corrected chi connectivity index (χ4v) is 2.16. The molecule has 0 spiro atoms. The van der Waals surface area contributed by atoms with E-state index in [4.69, 9.17) is 9.47 Å². The second-order valence-corrected chi connectivity index (χ2v) is 5.31. The lowest BCUT2D eigenvalue weighted by molar-refractivity contribution is -0.134. The van der Waals surface area contributed by atoms with Gasteiger partial charge < -0.3 is 9.47 Å². The Labute approximate surface area is 145 Å². The standard InChI is InChI=1S/C18H18N4O3/c1-3-17(23)25-15-11-20-22(13(15)2)16-9-10-19-18(21-16)24-12-14-7-5-4-6-8-14/h4-11H,3,12H2,1-2H3. The molecule has 1 aromatic carbocycles. The average Bonchev–Trinajstić information content (AvgIpc) is 3.01. The van der Waals surface area contributed by atoms with E-state index in [0.717, 1.165) is 5.56 Å². The van der Waals surface area contributed by atoms with Gasteiger partial charge in [0.25, 0.3) is 0 Å². The molecular weight excluding hydrogens is 320 g/mol. The fourth-order valence-electron chi connectivity index (χ4n) is 2.16. The van der Waals surface area contributed by atoms with Crippen molar-refractivity contribution in [3.8, 4) is 17.6 Å². The molecule has 3 rings (SSSR count). The summed E-state index contributed by atoms with van der Waals surface area (Å²) in [6, 6.07) is 11.7. The van der Waals surface area contributed by atoms with Crippen LogP contribution in [0.3, 0.4) is 0 Å². The molecule has 2 heterocycles. The van der Waals surface area contributed by atoms with Gasteiger partial charge in [-0.15, -0.1) is 0 Å². The van der Waals surface area contributed by atoms with Crippen LogP contribution in [0.1, 0.15) is 24.6 Å². The van der Waals surface area contributed by atoms with Crippen LogP contribution in [0, 0.1) is 6.92 Å². The lowest BCUT2D eigenvalue weighted by Gasteiger charge is -2.07. The van der Waals surface area contributed by atoms with Crippen molar-refractivity contribution in [2.75, 3.05) is 0 Å². The number of carbonyl (C=O) groups excluding carboxylic acids is 1. The molecule has 3 aromatic rings. The number of benzene rings is 1. The second-order valence-electron chi connectivity index (χ2n) is 5.31. The first-order chi connectivity index (χ1) is 12.2. The van der Waals surface area contributed by atoms with E-state index in [1.165, 1.54) is 6.20 Å². The predicted octanol–water partition coefficient (Wildman–Crippen LogP) is 2.87. The van der Waals surface area contributed by atoms with Crippen LogP contribution in [0.2, 0.25) is 0 Å². The van der Waals surface area contributed by atoms with Crippen molar-refractivity contribution in [1.29, 1.82) is 0 Å². The number of esters is 1. The topological polar surface area (TPSA) is 79.1 Å². The Hall–Kier alpha value is -3.22. The molecule has 0 aliphatic carbocycles. The van der Waals surface area contributed by atoms with Gasteiger partial charge in [0.2, 0.25) is 0 Å². The summed E-state index contributed by atoms with van der Waals surface area (Å²) >= 11 is 0. The molecule has 7 heteroatoms. The van der Waals surface area contributed by atoms with Gasteiger partial charge in [-0.1, -0.05) is 37.3 Å². The minimum atomic E-state index is -0.308. The Kier molecular flexibility index (Phi) is 5.03. The zero-order valence-corrected chi connectivity index (χ0v) is 14.0. The van der Waals surface area contributed by atoms with Crippen LogP contribution in [0.25, 0.3) is 5.82 Å². The lowest BCUT2D eigenvalue weighted by atomic mass is 10.2. The molecule has 0 unspecified atom stereocenters. The number of hydrogen-bond acceptors (Lipinski definition) is 6. The van der Waals surface area contributed by atoms with Crippen LogP contribution < -0.4 is 9.47 Å². The van der Waals surface area contributed by atoms with Gasteiger partial charge >= 0.3 is 12.0 Å². The highest BCUT2D eigenvalue weighted by atomic mass is 16.5. The molecule has 0 saturated heterocycles. The van der Waals surface area contributed by atoms with E-state index in [2.05, 4.69) is 15.1 Å². The van der Waals surface area contributed by atoms with E-state index >= 15 is 0 Å². The first kappa shape index (κ1) is 16.6. The quantitative estimate of drug-likeness (QED) is 0.643. The van der Waals surface area contributed by atoms with Crippen molar-refractivity contribution in [1.82, 2.24) is 19.7 Å². The summed E-state index contributed by atoms with van der Waals surface area (Å²) in [5, 5.41) is 4.23. The molecule has 0 saturated carbocycles. The van der Waals surface area contributed by atoms with Crippen LogP contribution in [0.5, 0.6) is 11.8 Å². The summed E-state index contributed by atoms with van der Waals surface area (Å²) in [4.78, 5) is 19.9. The van der Waals surface area contributed by atoms with Gasteiger partial charge in [0.1, 0.15) is 6.61 Å². The summed E-state index contributed by atoms with van der Waals surface area (Å²) in [6.45, 7) is 3.92. The van der Waals surface area contributed by atoms with Gasteiger partial charge in [-0.25, -0.2) is 9.67 Å². The molecule has 7 nitrogen and oxygen atoms in total. The van der Waals surface area contributed by atoms with Crippen LogP contribution in [-0.2, 0) is 11.4 Å². The molecular formula is C18H18N4O3. The normalized spacial score (nSPS) is 10.5. The van der Waals surface area contributed by atoms with Gasteiger partial charge in [-0.2, -0.15) is 10.1 Å². The SMILES string of the molecule is CCC(=O)Oc1cnn(-c2ccnc(OCc3ccccc3)n2)c1C. The van der Waals surface area contributed by atoms with E-state index in [9.17, 15) is 4.79 Å². The van der Waals surface area contributed by atoms with Crippen molar-refractivity contribution < 1.29 is 14.3 Å². The van der Waals surface area contributed by atoms with Crippen LogP contribution in [0.15, 0.2) is 48.8 Å². The van der Waals surface area contributed by atoms with Crippen LogP contribution >= 0.6 is 0 Å². The summed E-state index contributed by atoms with van der Waals surface area (Å²) in [6.07, 6.45) is 3.40. The fraction of sp³-hybridized carbons (Fsp3) is 0.222. The molecule has 0 radical (unpaired) electrons. The monoisotopic (exact) mass is 338 g/mol. The highest BCUT2D eigenvalue weighted by molar-refractivity contribution is 5.72. The molecule has 0 atom stereocenters. The number of ether oxygens (including phenoxy) is 2. The third-order valence-electron chi connectivity index (χ3n) is 3.52. The summed E-state index contributed by atoms with van der Waals surface area (Å²) in [5.41, 5.74) is 1.70. The molecule has 0 fully saturated rings. The van der Waals surface area contributed by atoms with E-state index < -0.39 is 0 Å². The Morgan fingerprint density at radius 3 is 2.76 bits per heavy atom. The molecule has 0 N–H and O–H groups in total. The lowest BCUT2D eigenvalue weighted by Crippen LogP contribution is -2.08. The largest absolute Gasteiger partial charge is 0.459 e. The molecule has 25 heavy (non-hydrogen) atoms. The number of hydrogen-bond donors (Lipinski definition) is 0. The van der Waals surface area contributed by atoms with Gasteiger partial charge in [0.05, 0.1) is 11.9 Å². The van der Waals surface area contributed by atoms with Crippen molar-refractivity contribution in [3.63, 3.8) is 0 Å². The van der Waals surface area contributed by atoms with Crippen molar-refractivity contribution in [2.24, 2.45) is 0 Å². The number of aromatic nitrogens is 4. The summed E-state index contributed by atoms with van der Waals surface area (Å²) in [7, 11) is 0. The molecule has 0 bridgehead atoms. The third-order valence-corrected chi connectivity index (χ3v) is 3.52. The Morgan fingerprint density at radius 2 is 2.00 bits per heavy atom. The van der Waals surface area contributed by atoms with Crippen molar-refractivity contribution in [2.45, 2.75) is 26.9 Å². The number of rotatable bonds is 6. The molecule has 0 aliphatic heterocycles. The molecule has 2 aromatic heterocycles. The summed E-state index contributed by atoms with van der Waals surface area (Å²) < 4.78 is 12.4. The average molecular weight is 338 g/mol. The molecule has 128 valence electrons. The maximum atomic E-state index is 11.4. The zero-order valence-electron chi connectivity index (χ0n) is 14.0. The first-order valence-electron chi connectivity index (χ1n) is 7.93. The van der Waals surface area contributed by atoms with Crippen molar-refractivity contribution >= 4 is 5.97 Å². The van der Waals surface area contributed by atoms with Gasteiger partial charge in [-0.05, 0) is 12.5 Å². The molecule has 0 aliphatic rings. The van der Waals surface area contributed by atoms with E-state index in [-0.39, 0.29) is 12.0 Å². The second kappa shape index (κ2) is 7.57. The summed E-state index contributed by atoms with van der Waals surface area (Å²) in [5.74, 6) is 0.642.